The highest BCUT2D eigenvalue weighted by molar-refractivity contribution is 5.78. The maximum atomic E-state index is 13.8. The van der Waals surface area contributed by atoms with E-state index in [0.29, 0.717) is 30.6 Å². The molecule has 1 aliphatic rings. The summed E-state index contributed by atoms with van der Waals surface area (Å²) in [6.07, 6.45) is 2.20. The van der Waals surface area contributed by atoms with E-state index in [9.17, 15) is 9.18 Å². The van der Waals surface area contributed by atoms with E-state index in [1.54, 1.807) is 12.1 Å². The summed E-state index contributed by atoms with van der Waals surface area (Å²) in [5, 5.41) is 3.02. The number of amides is 1. The lowest BCUT2D eigenvalue weighted by atomic mass is 10.1. The third-order valence-corrected chi connectivity index (χ3v) is 4.13. The van der Waals surface area contributed by atoms with Crippen LogP contribution in [0, 0.1) is 11.7 Å². The van der Waals surface area contributed by atoms with Crippen molar-refractivity contribution >= 4 is 5.91 Å². The number of carbonyl (C=O) groups is 1. The van der Waals surface area contributed by atoms with Gasteiger partial charge in [0.2, 0.25) is 5.91 Å². The Morgan fingerprint density at radius 2 is 2.00 bits per heavy atom. The summed E-state index contributed by atoms with van der Waals surface area (Å²) < 4.78 is 13.8. The number of nitrogens with one attached hydrogen (secondary N) is 1. The van der Waals surface area contributed by atoms with Crippen molar-refractivity contribution in [1.82, 2.24) is 10.2 Å². The lowest BCUT2D eigenvalue weighted by Gasteiger charge is -2.24. The smallest absolute Gasteiger partial charge is 0.234 e. The molecule has 0 heterocycles. The van der Waals surface area contributed by atoms with Gasteiger partial charge in [0.15, 0.2) is 0 Å². The molecular formula is C17H25FN2O. The van der Waals surface area contributed by atoms with E-state index in [4.69, 9.17) is 0 Å². The largest absolute Gasteiger partial charge is 0.352 e. The first kappa shape index (κ1) is 16.0. The second-order valence-electron chi connectivity index (χ2n) is 6.33. The Morgan fingerprint density at radius 1 is 1.33 bits per heavy atom. The van der Waals surface area contributed by atoms with Gasteiger partial charge >= 0.3 is 0 Å². The number of hydrogen-bond donors (Lipinski definition) is 1. The van der Waals surface area contributed by atoms with Crippen LogP contribution in [-0.4, -0.2) is 29.4 Å². The molecule has 116 valence electrons. The fraction of sp³-hybridized carbons (Fsp3) is 0.588. The summed E-state index contributed by atoms with van der Waals surface area (Å²) in [5.41, 5.74) is 0.661. The molecule has 0 aromatic heterocycles. The van der Waals surface area contributed by atoms with E-state index in [2.05, 4.69) is 24.1 Å². The van der Waals surface area contributed by atoms with Gasteiger partial charge in [-0.3, -0.25) is 9.69 Å². The summed E-state index contributed by atoms with van der Waals surface area (Å²) in [4.78, 5) is 14.2. The van der Waals surface area contributed by atoms with Gasteiger partial charge in [0, 0.05) is 24.2 Å². The Hall–Kier alpha value is -1.42. The highest BCUT2D eigenvalue weighted by Gasteiger charge is 2.31. The molecule has 1 saturated carbocycles. The van der Waals surface area contributed by atoms with Crippen LogP contribution < -0.4 is 5.32 Å². The zero-order chi connectivity index (χ0) is 15.4. The molecule has 1 aromatic rings. The average Bonchev–Trinajstić information content (AvgIpc) is 3.24. The van der Waals surface area contributed by atoms with Crippen LogP contribution in [-0.2, 0) is 11.3 Å². The van der Waals surface area contributed by atoms with Crippen molar-refractivity contribution in [2.24, 2.45) is 5.92 Å². The quantitative estimate of drug-likeness (QED) is 0.838. The van der Waals surface area contributed by atoms with Crippen LogP contribution in [0.2, 0.25) is 0 Å². The molecule has 1 atom stereocenters. The zero-order valence-electron chi connectivity index (χ0n) is 13.1. The van der Waals surface area contributed by atoms with Crippen molar-refractivity contribution in [3.63, 3.8) is 0 Å². The predicted octanol–water partition coefficient (Wildman–Crippen LogP) is 2.95. The summed E-state index contributed by atoms with van der Waals surface area (Å²) in [6.45, 7) is 7.03. The molecule has 2 rings (SSSR count). The van der Waals surface area contributed by atoms with E-state index >= 15 is 0 Å². The van der Waals surface area contributed by atoms with Crippen LogP contribution in [0.1, 0.15) is 39.2 Å². The molecule has 1 amide bonds. The molecule has 1 aromatic carbocycles. The van der Waals surface area contributed by atoms with Gasteiger partial charge in [0.1, 0.15) is 5.82 Å². The van der Waals surface area contributed by atoms with Crippen LogP contribution in [0.5, 0.6) is 0 Å². The number of nitrogens with zero attached hydrogens (tertiary/aromatic N) is 1. The molecule has 1 fully saturated rings. The fourth-order valence-electron chi connectivity index (χ4n) is 2.25. The highest BCUT2D eigenvalue weighted by atomic mass is 19.1. The second kappa shape index (κ2) is 7.03. The van der Waals surface area contributed by atoms with Gasteiger partial charge in [0.05, 0.1) is 6.54 Å². The summed E-state index contributed by atoms with van der Waals surface area (Å²) in [5.74, 6) is 0.244. The molecule has 3 nitrogen and oxygen atoms in total. The minimum Gasteiger partial charge on any atom is -0.352 e. The molecular weight excluding hydrogens is 267 g/mol. The standard InChI is InChI=1S/C17H25FN2O/c1-12(2)13(3)19-17(21)11-20(15-8-9-15)10-14-6-4-5-7-16(14)18/h4-7,12-13,15H,8-11H2,1-3H3,(H,19,21). The van der Waals surface area contributed by atoms with Crippen molar-refractivity contribution in [2.75, 3.05) is 6.54 Å². The summed E-state index contributed by atoms with van der Waals surface area (Å²) >= 11 is 0. The predicted molar refractivity (Wildman–Crippen MR) is 82.3 cm³/mol. The second-order valence-corrected chi connectivity index (χ2v) is 6.33. The molecule has 0 bridgehead atoms. The molecule has 0 spiro atoms. The minimum absolute atomic E-state index is 0.0273. The number of benzene rings is 1. The first-order chi connectivity index (χ1) is 9.97. The Labute approximate surface area is 126 Å². The van der Waals surface area contributed by atoms with E-state index in [-0.39, 0.29) is 17.8 Å². The van der Waals surface area contributed by atoms with Gasteiger partial charge < -0.3 is 5.32 Å². The van der Waals surface area contributed by atoms with Gasteiger partial charge in [-0.15, -0.1) is 0 Å². The van der Waals surface area contributed by atoms with Crippen molar-refractivity contribution in [1.29, 1.82) is 0 Å². The molecule has 1 aliphatic carbocycles. The molecule has 21 heavy (non-hydrogen) atoms. The van der Waals surface area contributed by atoms with E-state index < -0.39 is 0 Å². The zero-order valence-corrected chi connectivity index (χ0v) is 13.1. The number of halogens is 1. The summed E-state index contributed by atoms with van der Waals surface area (Å²) in [6, 6.07) is 7.37. The van der Waals surface area contributed by atoms with Gasteiger partial charge in [-0.1, -0.05) is 32.0 Å². The van der Waals surface area contributed by atoms with Crippen molar-refractivity contribution in [2.45, 2.75) is 52.2 Å². The first-order valence-electron chi connectivity index (χ1n) is 7.74. The van der Waals surface area contributed by atoms with Crippen LogP contribution >= 0.6 is 0 Å². The lowest BCUT2D eigenvalue weighted by Crippen LogP contribution is -2.43. The molecule has 0 radical (unpaired) electrons. The summed E-state index contributed by atoms with van der Waals surface area (Å²) in [7, 11) is 0. The lowest BCUT2D eigenvalue weighted by molar-refractivity contribution is -0.123. The third kappa shape index (κ3) is 4.81. The van der Waals surface area contributed by atoms with Crippen LogP contribution in [0.3, 0.4) is 0 Å². The Balaban J connectivity index is 1.94. The van der Waals surface area contributed by atoms with E-state index in [0.717, 1.165) is 12.8 Å². The van der Waals surface area contributed by atoms with Crippen LogP contribution in [0.25, 0.3) is 0 Å². The number of carbonyl (C=O) groups excluding carboxylic acids is 1. The van der Waals surface area contributed by atoms with E-state index in [1.165, 1.54) is 6.07 Å². The van der Waals surface area contributed by atoms with Gasteiger partial charge in [-0.2, -0.15) is 0 Å². The van der Waals surface area contributed by atoms with E-state index in [1.807, 2.05) is 13.0 Å². The van der Waals surface area contributed by atoms with Crippen molar-refractivity contribution in [3.8, 4) is 0 Å². The Bertz CT molecular complexity index is 485. The monoisotopic (exact) mass is 292 g/mol. The molecule has 0 saturated heterocycles. The fourth-order valence-corrected chi connectivity index (χ4v) is 2.25. The topological polar surface area (TPSA) is 32.3 Å². The van der Waals surface area contributed by atoms with Crippen molar-refractivity contribution in [3.05, 3.63) is 35.6 Å². The Kier molecular flexibility index (Phi) is 5.34. The minimum atomic E-state index is -0.195. The van der Waals surface area contributed by atoms with Crippen LogP contribution in [0.15, 0.2) is 24.3 Å². The molecule has 1 N–H and O–H groups in total. The first-order valence-corrected chi connectivity index (χ1v) is 7.74. The SMILES string of the molecule is CC(C)C(C)NC(=O)CN(Cc1ccccc1F)C1CC1. The van der Waals surface area contributed by atoms with Gasteiger partial charge in [-0.05, 0) is 31.7 Å². The molecule has 1 unspecified atom stereocenters. The number of rotatable bonds is 7. The average molecular weight is 292 g/mol. The molecule has 4 heteroatoms. The van der Waals surface area contributed by atoms with Gasteiger partial charge in [0.25, 0.3) is 0 Å². The van der Waals surface area contributed by atoms with Gasteiger partial charge in [-0.25, -0.2) is 4.39 Å². The maximum Gasteiger partial charge on any atom is 0.234 e. The normalized spacial score (nSPS) is 16.3. The highest BCUT2D eigenvalue weighted by Crippen LogP contribution is 2.28. The Morgan fingerprint density at radius 3 is 2.57 bits per heavy atom. The van der Waals surface area contributed by atoms with Crippen LogP contribution in [0.4, 0.5) is 4.39 Å². The molecule has 0 aliphatic heterocycles. The maximum absolute atomic E-state index is 13.8. The third-order valence-electron chi connectivity index (χ3n) is 4.13. The van der Waals surface area contributed by atoms with Crippen molar-refractivity contribution < 1.29 is 9.18 Å². The number of hydrogen-bond acceptors (Lipinski definition) is 2.